The molecule has 150 valence electrons. The zero-order valence-corrected chi connectivity index (χ0v) is 15.7. The second-order valence-electron chi connectivity index (χ2n) is 6.95. The topological polar surface area (TPSA) is 107 Å². The molecule has 0 amide bonds. The van der Waals surface area contributed by atoms with Gasteiger partial charge in [0.2, 0.25) is 0 Å². The number of carboxylic acid groups (broad SMARTS) is 1. The van der Waals surface area contributed by atoms with Crippen molar-refractivity contribution >= 4 is 5.97 Å². The van der Waals surface area contributed by atoms with Gasteiger partial charge in [-0.3, -0.25) is 4.79 Å². The Kier molecular flexibility index (Phi) is 11.4. The quantitative estimate of drug-likeness (QED) is 0.293. The molecule has 1 heterocycles. The van der Waals surface area contributed by atoms with Crippen LogP contribution in [-0.2, 0) is 9.53 Å². The Labute approximate surface area is 156 Å². The van der Waals surface area contributed by atoms with Crippen molar-refractivity contribution in [3.05, 3.63) is 24.3 Å². The van der Waals surface area contributed by atoms with Crippen LogP contribution in [0.3, 0.4) is 0 Å². The Morgan fingerprint density at radius 1 is 1.23 bits per heavy atom. The van der Waals surface area contributed by atoms with Gasteiger partial charge in [-0.05, 0) is 32.1 Å². The van der Waals surface area contributed by atoms with Crippen LogP contribution in [0.25, 0.3) is 0 Å². The van der Waals surface area contributed by atoms with Crippen LogP contribution in [-0.4, -0.2) is 56.9 Å². The van der Waals surface area contributed by atoms with Gasteiger partial charge in [0.25, 0.3) is 0 Å². The van der Waals surface area contributed by atoms with Gasteiger partial charge in [-0.1, -0.05) is 44.1 Å². The molecule has 0 aromatic carbocycles. The van der Waals surface area contributed by atoms with E-state index in [0.29, 0.717) is 25.7 Å². The number of hydrogen-bond acceptors (Lipinski definition) is 5. The lowest BCUT2D eigenvalue weighted by Crippen LogP contribution is -2.25. The average molecular weight is 370 g/mol. The van der Waals surface area contributed by atoms with Crippen molar-refractivity contribution in [1.29, 1.82) is 0 Å². The van der Waals surface area contributed by atoms with Crippen LogP contribution in [0.1, 0.15) is 64.7 Å². The molecule has 1 aliphatic rings. The maximum atomic E-state index is 10.5. The summed E-state index contributed by atoms with van der Waals surface area (Å²) in [5.74, 6) is -0.882. The van der Waals surface area contributed by atoms with E-state index < -0.39 is 36.5 Å². The fourth-order valence-electron chi connectivity index (χ4n) is 2.96. The molecule has 1 aliphatic heterocycles. The molecule has 0 saturated carbocycles. The molecule has 5 atom stereocenters. The summed E-state index contributed by atoms with van der Waals surface area (Å²) >= 11 is 0. The number of aliphatic hydroxyl groups excluding tert-OH is 3. The number of aliphatic hydroxyl groups is 3. The third kappa shape index (κ3) is 9.48. The lowest BCUT2D eigenvalue weighted by molar-refractivity contribution is -0.137. The monoisotopic (exact) mass is 370 g/mol. The highest BCUT2D eigenvalue weighted by Gasteiger charge is 2.35. The predicted octanol–water partition coefficient (Wildman–Crippen LogP) is 2.56. The molecule has 1 saturated heterocycles. The molecule has 0 bridgehead atoms. The van der Waals surface area contributed by atoms with Crippen molar-refractivity contribution in [2.24, 2.45) is 0 Å². The molecule has 4 N–H and O–H groups in total. The van der Waals surface area contributed by atoms with Gasteiger partial charge in [-0.2, -0.15) is 0 Å². The molecule has 0 radical (unpaired) electrons. The van der Waals surface area contributed by atoms with E-state index in [4.69, 9.17) is 9.84 Å². The molecule has 6 nitrogen and oxygen atoms in total. The molecule has 26 heavy (non-hydrogen) atoms. The lowest BCUT2D eigenvalue weighted by Gasteiger charge is -2.16. The summed E-state index contributed by atoms with van der Waals surface area (Å²) in [5.41, 5.74) is 0. The minimum Gasteiger partial charge on any atom is -0.481 e. The summed E-state index contributed by atoms with van der Waals surface area (Å²) in [6, 6.07) is 0. The Morgan fingerprint density at radius 3 is 2.69 bits per heavy atom. The second kappa shape index (κ2) is 13.0. The maximum absolute atomic E-state index is 10.5. The smallest absolute Gasteiger partial charge is 0.303 e. The van der Waals surface area contributed by atoms with Crippen LogP contribution in [0.15, 0.2) is 24.3 Å². The first-order valence-electron chi connectivity index (χ1n) is 9.68. The molecule has 1 fully saturated rings. The molecule has 0 aromatic rings. The first-order valence-corrected chi connectivity index (χ1v) is 9.68. The van der Waals surface area contributed by atoms with Crippen molar-refractivity contribution in [2.45, 2.75) is 95.2 Å². The number of hydrogen-bond donors (Lipinski definition) is 4. The van der Waals surface area contributed by atoms with E-state index in [0.717, 1.165) is 12.8 Å². The maximum Gasteiger partial charge on any atom is 0.303 e. The summed E-state index contributed by atoms with van der Waals surface area (Å²) in [7, 11) is 0. The lowest BCUT2D eigenvalue weighted by atomic mass is 10.0. The summed E-state index contributed by atoms with van der Waals surface area (Å²) in [4.78, 5) is 10.5. The average Bonchev–Trinajstić information content (AvgIpc) is 2.96. The fourth-order valence-corrected chi connectivity index (χ4v) is 2.96. The van der Waals surface area contributed by atoms with Crippen LogP contribution >= 0.6 is 0 Å². The van der Waals surface area contributed by atoms with Crippen LogP contribution in [0, 0.1) is 0 Å². The van der Waals surface area contributed by atoms with E-state index >= 15 is 0 Å². The van der Waals surface area contributed by atoms with Gasteiger partial charge in [0.15, 0.2) is 0 Å². The summed E-state index contributed by atoms with van der Waals surface area (Å²) < 4.78 is 5.70. The normalized spacial score (nSPS) is 25.9. The van der Waals surface area contributed by atoms with Crippen LogP contribution < -0.4 is 0 Å². The van der Waals surface area contributed by atoms with Gasteiger partial charge in [0.1, 0.15) is 6.10 Å². The molecule has 0 aliphatic carbocycles. The summed E-state index contributed by atoms with van der Waals surface area (Å²) in [6.07, 6.45) is 10.2. The number of carbonyl (C=O) groups is 1. The highest BCUT2D eigenvalue weighted by atomic mass is 16.5. The van der Waals surface area contributed by atoms with E-state index in [1.54, 1.807) is 6.08 Å². The molecule has 1 rings (SSSR count). The highest BCUT2D eigenvalue weighted by molar-refractivity contribution is 5.66. The largest absolute Gasteiger partial charge is 0.481 e. The van der Waals surface area contributed by atoms with Gasteiger partial charge in [0.05, 0.1) is 24.4 Å². The highest BCUT2D eigenvalue weighted by Crippen LogP contribution is 2.25. The molecule has 0 spiro atoms. The fraction of sp³-hybridized carbons (Fsp3) is 0.750. The second-order valence-corrected chi connectivity index (χ2v) is 6.95. The third-order valence-corrected chi connectivity index (χ3v) is 4.55. The number of allylic oxidation sites excluding steroid dienone is 1. The molecule has 0 aromatic heterocycles. The van der Waals surface area contributed by atoms with E-state index in [-0.39, 0.29) is 6.42 Å². The van der Waals surface area contributed by atoms with Gasteiger partial charge in [0, 0.05) is 12.8 Å². The van der Waals surface area contributed by atoms with Crippen molar-refractivity contribution in [2.75, 3.05) is 0 Å². The van der Waals surface area contributed by atoms with E-state index in [9.17, 15) is 20.1 Å². The van der Waals surface area contributed by atoms with Crippen LogP contribution in [0.4, 0.5) is 0 Å². The molecule has 6 heteroatoms. The zero-order valence-electron chi connectivity index (χ0n) is 15.7. The van der Waals surface area contributed by atoms with E-state index in [1.165, 1.54) is 18.9 Å². The Morgan fingerprint density at radius 2 is 2.00 bits per heavy atom. The van der Waals surface area contributed by atoms with Crippen molar-refractivity contribution in [3.8, 4) is 0 Å². The first kappa shape index (κ1) is 22.8. The van der Waals surface area contributed by atoms with Gasteiger partial charge in [-0.25, -0.2) is 0 Å². The SMILES string of the molecule is CCCCC/C=C\C[C@H](O)[C@H]1C[C@H](O)[C@@H](/C=C/[C@H](O)CCCC(=O)O)O1. The molecule has 0 unspecified atom stereocenters. The van der Waals surface area contributed by atoms with Crippen LogP contribution in [0.2, 0.25) is 0 Å². The standard InChI is InChI=1S/C20H34O6/c1-2-3-4-5-6-7-10-16(22)19-14-17(23)18(26-19)13-12-15(21)9-8-11-20(24)25/h6-7,12-13,15-19,21-23H,2-5,8-11,14H2,1H3,(H,24,25)/b7-6-,13-12+/t15-,16+,17+,18-,19-/m1/s1. The van der Waals surface area contributed by atoms with Crippen LogP contribution in [0.5, 0.6) is 0 Å². The number of unbranched alkanes of at least 4 members (excludes halogenated alkanes) is 3. The van der Waals surface area contributed by atoms with Crippen molar-refractivity contribution in [1.82, 2.24) is 0 Å². The number of aliphatic carboxylic acids is 1. The predicted molar refractivity (Wildman–Crippen MR) is 99.8 cm³/mol. The molecular formula is C20H34O6. The summed E-state index contributed by atoms with van der Waals surface area (Å²) in [6.45, 7) is 2.16. The van der Waals surface area contributed by atoms with Crippen molar-refractivity contribution in [3.63, 3.8) is 0 Å². The first-order chi connectivity index (χ1) is 12.4. The molecular weight excluding hydrogens is 336 g/mol. The Bertz CT molecular complexity index is 448. The number of rotatable bonds is 13. The van der Waals surface area contributed by atoms with E-state index in [1.807, 2.05) is 6.08 Å². The van der Waals surface area contributed by atoms with E-state index in [2.05, 4.69) is 13.0 Å². The van der Waals surface area contributed by atoms with Crippen molar-refractivity contribution < 1.29 is 30.0 Å². The van der Waals surface area contributed by atoms with Gasteiger partial charge < -0.3 is 25.2 Å². The van der Waals surface area contributed by atoms with Gasteiger partial charge in [-0.15, -0.1) is 0 Å². The Hall–Kier alpha value is -1.21. The number of carboxylic acids is 1. The Balaban J connectivity index is 2.32. The third-order valence-electron chi connectivity index (χ3n) is 4.55. The summed E-state index contributed by atoms with van der Waals surface area (Å²) in [5, 5.41) is 38.7. The minimum absolute atomic E-state index is 0.0215. The number of ether oxygens (including phenoxy) is 1. The zero-order chi connectivity index (χ0) is 19.4. The minimum atomic E-state index is -0.882. The van der Waals surface area contributed by atoms with Gasteiger partial charge >= 0.3 is 5.97 Å².